The smallest absolute Gasteiger partial charge is 0.330 e. The van der Waals surface area contributed by atoms with E-state index < -0.39 is 40.7 Å². The third-order valence-electron chi connectivity index (χ3n) is 6.84. The van der Waals surface area contributed by atoms with Crippen molar-refractivity contribution in [3.05, 3.63) is 50.6 Å². The number of esters is 5. The van der Waals surface area contributed by atoms with Crippen LogP contribution in [0.3, 0.4) is 0 Å². The van der Waals surface area contributed by atoms with Crippen LogP contribution in [0.4, 0.5) is 0 Å². The van der Waals surface area contributed by atoms with Crippen molar-refractivity contribution >= 4 is 29.8 Å². The highest BCUT2D eigenvalue weighted by molar-refractivity contribution is 5.82. The van der Waals surface area contributed by atoms with Gasteiger partial charge in [-0.15, -0.1) is 0 Å². The summed E-state index contributed by atoms with van der Waals surface area (Å²) in [6, 6.07) is 0. The highest BCUT2D eigenvalue weighted by Crippen LogP contribution is 2.25. The monoisotopic (exact) mass is 790 g/mol. The Hall–Kier alpha value is -4.01. The lowest BCUT2D eigenvalue weighted by Gasteiger charge is -2.36. The number of aliphatic hydroxyl groups is 1. The van der Waals surface area contributed by atoms with E-state index in [1.807, 2.05) is 0 Å². The van der Waals surface area contributed by atoms with Gasteiger partial charge in [-0.1, -0.05) is 33.2 Å². The third kappa shape index (κ3) is 27.3. The lowest BCUT2D eigenvalue weighted by molar-refractivity contribution is -0.157. The summed E-state index contributed by atoms with van der Waals surface area (Å²) >= 11 is 0. The van der Waals surface area contributed by atoms with E-state index in [9.17, 15) is 29.1 Å². The normalized spacial score (nSPS) is 11.2. The number of ether oxygens (including phenoxy) is 12. The van der Waals surface area contributed by atoms with Gasteiger partial charge < -0.3 is 61.9 Å². The van der Waals surface area contributed by atoms with Gasteiger partial charge in [-0.05, 0) is 0 Å². The van der Waals surface area contributed by atoms with Gasteiger partial charge in [0.15, 0.2) is 0 Å². The third-order valence-corrected chi connectivity index (χ3v) is 6.84. The van der Waals surface area contributed by atoms with E-state index in [1.54, 1.807) is 6.92 Å². The first kappa shape index (κ1) is 51.0. The number of hydrogen-bond donors (Lipinski definition) is 1. The molecule has 0 saturated carbocycles. The zero-order valence-corrected chi connectivity index (χ0v) is 31.9. The Balaban J connectivity index is 6.22. The lowest BCUT2D eigenvalue weighted by Crippen LogP contribution is -2.46. The molecule has 1 N–H and O–H groups in total. The van der Waals surface area contributed by atoms with Crippen LogP contribution in [0, 0.1) is 10.8 Å². The van der Waals surface area contributed by atoms with Gasteiger partial charge in [-0.2, -0.15) is 0 Å². The van der Waals surface area contributed by atoms with E-state index in [0.29, 0.717) is 0 Å². The van der Waals surface area contributed by atoms with Gasteiger partial charge >= 0.3 is 29.8 Å². The fourth-order valence-electron chi connectivity index (χ4n) is 4.14. The molecule has 0 atom stereocenters. The van der Waals surface area contributed by atoms with E-state index in [0.717, 1.165) is 24.3 Å². The molecule has 0 aromatic carbocycles. The standard InChI is InChI=1S/C37H58O18/c1-6-31(39)51-18-13-45-24-36(23-44-12-11-38,25-46-14-19-52-32(40)7-2)29-50-30-37(26-47-15-20-53-33(41)8-3,27-48-16-21-54-34(42)9-4)28-49-17-22-55-35(43)10-5/h6-9,38H,1-4,10-30H2,5H3. The van der Waals surface area contributed by atoms with Gasteiger partial charge in [-0.3, -0.25) is 4.79 Å². The highest BCUT2D eigenvalue weighted by atomic mass is 16.6. The molecule has 0 heterocycles. The van der Waals surface area contributed by atoms with Gasteiger partial charge in [0.05, 0.1) is 110 Å². The minimum Gasteiger partial charge on any atom is -0.463 e. The van der Waals surface area contributed by atoms with Crippen LogP contribution in [0.2, 0.25) is 0 Å². The number of rotatable bonds is 38. The van der Waals surface area contributed by atoms with Crippen LogP contribution >= 0.6 is 0 Å². The minimum absolute atomic E-state index is 0.000136. The predicted molar refractivity (Wildman–Crippen MR) is 194 cm³/mol. The Morgan fingerprint density at radius 3 is 0.927 bits per heavy atom. The number of carbonyl (C=O) groups excluding carboxylic acids is 5. The molecule has 0 spiro atoms. The van der Waals surface area contributed by atoms with E-state index >= 15 is 0 Å². The maximum atomic E-state index is 11.6. The molecule has 18 nitrogen and oxygen atoms in total. The molecule has 0 aromatic heterocycles. The van der Waals surface area contributed by atoms with E-state index in [-0.39, 0.29) is 139 Å². The molecule has 55 heavy (non-hydrogen) atoms. The average molecular weight is 791 g/mol. The zero-order valence-electron chi connectivity index (χ0n) is 31.9. The van der Waals surface area contributed by atoms with Gasteiger partial charge in [0, 0.05) is 30.7 Å². The van der Waals surface area contributed by atoms with Crippen molar-refractivity contribution in [1.29, 1.82) is 0 Å². The Bertz CT molecular complexity index is 1080. The van der Waals surface area contributed by atoms with Crippen LogP contribution in [-0.4, -0.2) is 167 Å². The topological polar surface area (TPSA) is 216 Å². The zero-order chi connectivity index (χ0) is 41.0. The van der Waals surface area contributed by atoms with Crippen LogP contribution in [0.15, 0.2) is 50.6 Å². The van der Waals surface area contributed by atoms with Crippen molar-refractivity contribution in [3.8, 4) is 0 Å². The van der Waals surface area contributed by atoms with Crippen molar-refractivity contribution in [2.75, 3.05) is 132 Å². The van der Waals surface area contributed by atoms with E-state index in [4.69, 9.17) is 56.8 Å². The molecular weight excluding hydrogens is 732 g/mol. The highest BCUT2D eigenvalue weighted by Gasteiger charge is 2.37. The molecule has 0 aliphatic heterocycles. The fraction of sp³-hybridized carbons (Fsp3) is 0.649. The summed E-state index contributed by atoms with van der Waals surface area (Å²) in [4.78, 5) is 57.7. The predicted octanol–water partition coefficient (Wildman–Crippen LogP) is 0.938. The second-order valence-corrected chi connectivity index (χ2v) is 11.6. The van der Waals surface area contributed by atoms with Crippen molar-refractivity contribution in [2.24, 2.45) is 10.8 Å². The van der Waals surface area contributed by atoms with Crippen LogP contribution in [0.5, 0.6) is 0 Å². The molecule has 0 aliphatic carbocycles. The molecule has 0 bridgehead atoms. The molecule has 0 aromatic rings. The molecule has 0 rings (SSSR count). The van der Waals surface area contributed by atoms with Crippen molar-refractivity contribution < 1.29 is 85.9 Å². The Labute approximate surface area is 322 Å². The van der Waals surface area contributed by atoms with Crippen LogP contribution < -0.4 is 0 Å². The molecule has 314 valence electrons. The van der Waals surface area contributed by atoms with Crippen LogP contribution in [-0.2, 0) is 80.8 Å². The molecule has 0 radical (unpaired) electrons. The van der Waals surface area contributed by atoms with Gasteiger partial charge in [0.1, 0.15) is 33.0 Å². The van der Waals surface area contributed by atoms with Gasteiger partial charge in [-0.25, -0.2) is 19.2 Å². The average Bonchev–Trinajstić information content (AvgIpc) is 3.19. The Morgan fingerprint density at radius 2 is 0.673 bits per heavy atom. The van der Waals surface area contributed by atoms with Crippen LogP contribution in [0.25, 0.3) is 0 Å². The molecule has 0 unspecified atom stereocenters. The van der Waals surface area contributed by atoms with Crippen molar-refractivity contribution in [1.82, 2.24) is 0 Å². The SMILES string of the molecule is C=CC(=O)OCCOCC(COCCO)(COCCOC(=O)C=C)COCC(COCCOC(=O)C=C)(COCCOC(=O)C=C)COCCOC(=O)CC. The van der Waals surface area contributed by atoms with E-state index in [2.05, 4.69) is 26.3 Å². The summed E-state index contributed by atoms with van der Waals surface area (Å²) in [5.74, 6) is -2.88. The number of aliphatic hydroxyl groups excluding tert-OH is 1. The summed E-state index contributed by atoms with van der Waals surface area (Å²) < 4.78 is 66.6. The van der Waals surface area contributed by atoms with Gasteiger partial charge in [0.25, 0.3) is 0 Å². The summed E-state index contributed by atoms with van der Waals surface area (Å²) in [5.41, 5.74) is -2.07. The molecule has 0 amide bonds. The first-order chi connectivity index (χ1) is 26.5. The van der Waals surface area contributed by atoms with Crippen molar-refractivity contribution in [2.45, 2.75) is 13.3 Å². The summed E-state index contributed by atoms with van der Waals surface area (Å²) in [6.45, 7) is 14.3. The molecule has 0 saturated heterocycles. The molecule has 18 heteroatoms. The molecule has 0 aliphatic rings. The Kier molecular flexibility index (Phi) is 30.9. The maximum Gasteiger partial charge on any atom is 0.330 e. The molecular formula is C37H58O18. The Morgan fingerprint density at radius 1 is 0.418 bits per heavy atom. The number of carbonyl (C=O) groups is 5. The summed E-state index contributed by atoms with van der Waals surface area (Å²) in [6.07, 6.45) is 4.29. The maximum absolute atomic E-state index is 11.6. The first-order valence-electron chi connectivity index (χ1n) is 17.5. The first-order valence-corrected chi connectivity index (χ1v) is 17.5. The quantitative estimate of drug-likeness (QED) is 0.0398. The fourth-order valence-corrected chi connectivity index (χ4v) is 4.14. The lowest BCUT2D eigenvalue weighted by atomic mass is 9.90. The minimum atomic E-state index is -1.04. The largest absolute Gasteiger partial charge is 0.463 e. The second kappa shape index (κ2) is 33.3. The van der Waals surface area contributed by atoms with E-state index in [1.165, 1.54) is 0 Å². The van der Waals surface area contributed by atoms with Crippen molar-refractivity contribution in [3.63, 3.8) is 0 Å². The summed E-state index contributed by atoms with van der Waals surface area (Å²) in [5, 5.41) is 9.42. The van der Waals surface area contributed by atoms with Gasteiger partial charge in [0.2, 0.25) is 0 Å². The van der Waals surface area contributed by atoms with Crippen LogP contribution in [0.1, 0.15) is 13.3 Å². The number of hydrogen-bond acceptors (Lipinski definition) is 18. The summed E-state index contributed by atoms with van der Waals surface area (Å²) in [7, 11) is 0. The molecule has 0 fully saturated rings. The second-order valence-electron chi connectivity index (χ2n) is 11.6.